The molecule has 0 fully saturated rings. The number of anilines is 1. The lowest BCUT2D eigenvalue weighted by molar-refractivity contribution is -0.123. The van der Waals surface area contributed by atoms with Crippen molar-refractivity contribution in [3.05, 3.63) is 17.7 Å². The monoisotopic (exact) mass is 223 g/mol. The van der Waals surface area contributed by atoms with E-state index < -0.39 is 12.0 Å². The molecule has 2 N–H and O–H groups in total. The van der Waals surface area contributed by atoms with Gasteiger partial charge in [-0.25, -0.2) is 0 Å². The van der Waals surface area contributed by atoms with Gasteiger partial charge in [-0.3, -0.25) is 4.79 Å². The van der Waals surface area contributed by atoms with Crippen LogP contribution in [-0.2, 0) is 4.79 Å². The molecule has 1 atom stereocenters. The highest BCUT2D eigenvalue weighted by Gasteiger charge is 2.17. The Balaban J connectivity index is 2.25. The average Bonchev–Trinajstić information content (AvgIpc) is 2.65. The van der Waals surface area contributed by atoms with Crippen molar-refractivity contribution in [3.63, 3.8) is 0 Å². The number of ether oxygens (including phenoxy) is 2. The number of rotatable bonds is 2. The highest BCUT2D eigenvalue weighted by atomic mass is 16.7. The van der Waals surface area contributed by atoms with Crippen LogP contribution in [0.2, 0.25) is 0 Å². The van der Waals surface area contributed by atoms with Crippen LogP contribution in [0.3, 0.4) is 0 Å². The Labute approximate surface area is 93.0 Å². The number of hydrogen-bond donors (Lipinski definition) is 2. The zero-order valence-corrected chi connectivity index (χ0v) is 9.11. The molecule has 1 aliphatic rings. The molecule has 1 unspecified atom stereocenters. The molecule has 0 bridgehead atoms. The number of aliphatic hydroxyl groups is 1. The number of nitrogens with one attached hydrogen (secondary N) is 1. The number of amides is 1. The lowest BCUT2D eigenvalue weighted by Crippen LogP contribution is -2.24. The van der Waals surface area contributed by atoms with Gasteiger partial charge in [-0.05, 0) is 25.5 Å². The van der Waals surface area contributed by atoms with Crippen molar-refractivity contribution in [1.82, 2.24) is 0 Å². The molecule has 16 heavy (non-hydrogen) atoms. The highest BCUT2D eigenvalue weighted by Crippen LogP contribution is 2.36. The van der Waals surface area contributed by atoms with Gasteiger partial charge < -0.3 is 19.9 Å². The second kappa shape index (κ2) is 4.02. The third-order valence-electron chi connectivity index (χ3n) is 2.36. The van der Waals surface area contributed by atoms with Crippen LogP contribution in [0.1, 0.15) is 12.5 Å². The van der Waals surface area contributed by atoms with E-state index in [-0.39, 0.29) is 6.79 Å². The first-order valence-corrected chi connectivity index (χ1v) is 4.97. The molecule has 5 heteroatoms. The van der Waals surface area contributed by atoms with Gasteiger partial charge in [0.1, 0.15) is 6.10 Å². The van der Waals surface area contributed by atoms with Crippen molar-refractivity contribution in [2.24, 2.45) is 0 Å². The molecule has 0 spiro atoms. The van der Waals surface area contributed by atoms with Gasteiger partial charge in [0.25, 0.3) is 5.91 Å². The van der Waals surface area contributed by atoms with Crippen LogP contribution >= 0.6 is 0 Å². The molecule has 0 saturated carbocycles. The van der Waals surface area contributed by atoms with Gasteiger partial charge in [-0.2, -0.15) is 0 Å². The maximum absolute atomic E-state index is 11.3. The van der Waals surface area contributed by atoms with Crippen LogP contribution in [0.4, 0.5) is 5.69 Å². The zero-order chi connectivity index (χ0) is 11.7. The molecule has 1 aliphatic heterocycles. The number of fused-ring (bicyclic) bond motifs is 1. The topological polar surface area (TPSA) is 67.8 Å². The summed E-state index contributed by atoms with van der Waals surface area (Å²) < 4.78 is 10.4. The summed E-state index contributed by atoms with van der Waals surface area (Å²) in [5.41, 5.74) is 1.48. The van der Waals surface area contributed by atoms with E-state index in [9.17, 15) is 4.79 Å². The smallest absolute Gasteiger partial charge is 0.252 e. The lowest BCUT2D eigenvalue weighted by Gasteiger charge is -2.10. The van der Waals surface area contributed by atoms with Crippen LogP contribution in [-0.4, -0.2) is 23.9 Å². The van der Waals surface area contributed by atoms with E-state index in [2.05, 4.69) is 5.32 Å². The second-order valence-corrected chi connectivity index (χ2v) is 3.69. The molecule has 1 amide bonds. The zero-order valence-electron chi connectivity index (χ0n) is 9.11. The summed E-state index contributed by atoms with van der Waals surface area (Å²) in [6, 6.07) is 3.48. The number of carbonyl (C=O) groups is 1. The van der Waals surface area contributed by atoms with Crippen LogP contribution < -0.4 is 14.8 Å². The second-order valence-electron chi connectivity index (χ2n) is 3.69. The van der Waals surface area contributed by atoms with Gasteiger partial charge in [0.2, 0.25) is 6.79 Å². The Hall–Kier alpha value is -1.75. The first kappa shape index (κ1) is 10.8. The maximum Gasteiger partial charge on any atom is 0.252 e. The summed E-state index contributed by atoms with van der Waals surface area (Å²) in [4.78, 5) is 11.3. The lowest BCUT2D eigenvalue weighted by atomic mass is 10.1. The maximum atomic E-state index is 11.3. The minimum Gasteiger partial charge on any atom is -0.454 e. The summed E-state index contributed by atoms with van der Waals surface area (Å²) in [6.45, 7) is 3.46. The molecule has 5 nitrogen and oxygen atoms in total. The van der Waals surface area contributed by atoms with E-state index in [0.717, 1.165) is 5.56 Å². The van der Waals surface area contributed by atoms with E-state index in [1.807, 2.05) is 6.92 Å². The van der Waals surface area contributed by atoms with Crippen molar-refractivity contribution >= 4 is 11.6 Å². The van der Waals surface area contributed by atoms with Gasteiger partial charge >= 0.3 is 0 Å². The van der Waals surface area contributed by atoms with E-state index in [0.29, 0.717) is 17.2 Å². The molecule has 1 aromatic carbocycles. The Morgan fingerprint density at radius 3 is 2.69 bits per heavy atom. The summed E-state index contributed by atoms with van der Waals surface area (Å²) in [6.07, 6.45) is -1.04. The van der Waals surface area contributed by atoms with Crippen LogP contribution in [0, 0.1) is 6.92 Å². The van der Waals surface area contributed by atoms with Crippen LogP contribution in [0.5, 0.6) is 11.5 Å². The summed E-state index contributed by atoms with van der Waals surface area (Å²) in [5.74, 6) is 0.834. The highest BCUT2D eigenvalue weighted by molar-refractivity contribution is 5.94. The number of aliphatic hydroxyl groups excluding tert-OH is 1. The van der Waals surface area contributed by atoms with Crippen LogP contribution in [0.15, 0.2) is 12.1 Å². The predicted molar refractivity (Wildman–Crippen MR) is 57.6 cm³/mol. The molecular formula is C11H13NO4. The van der Waals surface area contributed by atoms with Crippen molar-refractivity contribution < 1.29 is 19.4 Å². The molecule has 0 radical (unpaired) electrons. The summed E-state index contributed by atoms with van der Waals surface area (Å²) >= 11 is 0. The SMILES string of the molecule is Cc1cc2c(cc1NC(=O)C(C)O)OCO2. The molecule has 2 rings (SSSR count). The number of hydrogen-bond acceptors (Lipinski definition) is 4. The predicted octanol–water partition coefficient (Wildman–Crippen LogP) is 1.04. The van der Waals surface area contributed by atoms with Crippen molar-refractivity contribution in [2.75, 3.05) is 12.1 Å². The molecule has 0 aliphatic carbocycles. The van der Waals surface area contributed by atoms with E-state index in [1.54, 1.807) is 12.1 Å². The number of aryl methyl sites for hydroxylation is 1. The Kier molecular flexibility index (Phi) is 2.70. The molecule has 0 aromatic heterocycles. The van der Waals surface area contributed by atoms with Crippen molar-refractivity contribution in [2.45, 2.75) is 20.0 Å². The minimum absolute atomic E-state index is 0.197. The standard InChI is InChI=1S/C11H13NO4/c1-6-3-9-10(16-5-15-9)4-8(6)12-11(14)7(2)13/h3-4,7,13H,5H2,1-2H3,(H,12,14). The van der Waals surface area contributed by atoms with Crippen LogP contribution in [0.25, 0.3) is 0 Å². The number of carbonyl (C=O) groups excluding carboxylic acids is 1. The van der Waals surface area contributed by atoms with Crippen molar-refractivity contribution in [1.29, 1.82) is 0 Å². The molecule has 86 valence electrons. The summed E-state index contributed by atoms with van der Waals surface area (Å²) in [5, 5.41) is 11.7. The Morgan fingerprint density at radius 1 is 1.44 bits per heavy atom. The van der Waals surface area contributed by atoms with Crippen molar-refractivity contribution in [3.8, 4) is 11.5 Å². The Morgan fingerprint density at radius 2 is 2.06 bits per heavy atom. The number of benzene rings is 1. The van der Waals surface area contributed by atoms with Gasteiger partial charge in [0.05, 0.1) is 0 Å². The Bertz CT molecular complexity index is 428. The van der Waals surface area contributed by atoms with E-state index >= 15 is 0 Å². The fourth-order valence-electron chi connectivity index (χ4n) is 1.42. The fourth-order valence-corrected chi connectivity index (χ4v) is 1.42. The summed E-state index contributed by atoms with van der Waals surface area (Å²) in [7, 11) is 0. The van der Waals surface area contributed by atoms with Gasteiger partial charge in [-0.1, -0.05) is 0 Å². The molecule has 1 heterocycles. The molecule has 0 saturated heterocycles. The third kappa shape index (κ3) is 1.94. The van der Waals surface area contributed by atoms with E-state index in [4.69, 9.17) is 14.6 Å². The third-order valence-corrected chi connectivity index (χ3v) is 2.36. The first-order valence-electron chi connectivity index (χ1n) is 4.97. The van der Waals surface area contributed by atoms with Gasteiger partial charge in [0, 0.05) is 11.8 Å². The van der Waals surface area contributed by atoms with E-state index in [1.165, 1.54) is 6.92 Å². The molecule has 1 aromatic rings. The normalized spacial score (nSPS) is 14.7. The first-order chi connectivity index (χ1) is 7.58. The van der Waals surface area contributed by atoms with Gasteiger partial charge in [0.15, 0.2) is 11.5 Å². The van der Waals surface area contributed by atoms with Gasteiger partial charge in [-0.15, -0.1) is 0 Å². The minimum atomic E-state index is -1.04. The average molecular weight is 223 g/mol. The largest absolute Gasteiger partial charge is 0.454 e. The quantitative estimate of drug-likeness (QED) is 0.786. The molecular weight excluding hydrogens is 210 g/mol. The fraction of sp³-hybridized carbons (Fsp3) is 0.364.